The van der Waals surface area contributed by atoms with Crippen LogP contribution in [0.1, 0.15) is 22.6 Å². The number of rotatable bonds is 5. The molecule has 1 atom stereocenters. The molecule has 27 heavy (non-hydrogen) atoms. The Labute approximate surface area is 162 Å². The zero-order valence-corrected chi connectivity index (χ0v) is 15.8. The predicted molar refractivity (Wildman–Crippen MR) is 106 cm³/mol. The number of aryl methyl sites for hydroxylation is 1. The van der Waals surface area contributed by atoms with Gasteiger partial charge in [-0.2, -0.15) is 0 Å². The zero-order valence-electron chi connectivity index (χ0n) is 15.0. The van der Waals surface area contributed by atoms with Gasteiger partial charge in [-0.05, 0) is 37.3 Å². The number of fused-ring (bicyclic) bond motifs is 1. The van der Waals surface area contributed by atoms with Crippen molar-refractivity contribution in [2.24, 2.45) is 5.92 Å². The minimum atomic E-state index is -0.216. The lowest BCUT2D eigenvalue weighted by Gasteiger charge is -2.20. The molecule has 0 bridgehead atoms. The Balaban J connectivity index is 1.36. The summed E-state index contributed by atoms with van der Waals surface area (Å²) < 4.78 is 13.7. The van der Waals surface area contributed by atoms with Crippen LogP contribution in [0.2, 0.25) is 0 Å². The van der Waals surface area contributed by atoms with Crippen molar-refractivity contribution in [3.05, 3.63) is 76.5 Å². The highest BCUT2D eigenvalue weighted by molar-refractivity contribution is 7.15. The molecule has 0 fully saturated rings. The first kappa shape index (κ1) is 17.9. The van der Waals surface area contributed by atoms with Gasteiger partial charge >= 0.3 is 0 Å². The number of hydrogen-bond donors (Lipinski definition) is 1. The summed E-state index contributed by atoms with van der Waals surface area (Å²) in [6.45, 7) is 0.459. The molecule has 1 aliphatic rings. The predicted octanol–water partition coefficient (Wildman–Crippen LogP) is 4.41. The molecule has 1 heterocycles. The normalized spacial score (nSPS) is 16.0. The van der Waals surface area contributed by atoms with Crippen LogP contribution in [0.3, 0.4) is 0 Å². The number of nitrogens with zero attached hydrogens (tertiary/aromatic N) is 1. The number of benzene rings is 2. The van der Waals surface area contributed by atoms with Crippen molar-refractivity contribution in [3.63, 3.8) is 0 Å². The van der Waals surface area contributed by atoms with Crippen LogP contribution in [-0.4, -0.2) is 17.4 Å². The average Bonchev–Trinajstić information content (AvgIpc) is 3.13. The van der Waals surface area contributed by atoms with Gasteiger partial charge in [-0.1, -0.05) is 48.5 Å². The van der Waals surface area contributed by atoms with Gasteiger partial charge in [-0.3, -0.25) is 4.79 Å². The van der Waals surface area contributed by atoms with E-state index in [4.69, 9.17) is 4.98 Å². The number of hydrogen-bond acceptors (Lipinski definition) is 3. The van der Waals surface area contributed by atoms with E-state index in [0.717, 1.165) is 35.5 Å². The number of nitrogens with one attached hydrogen (secondary N) is 1. The highest BCUT2D eigenvalue weighted by Gasteiger charge is 2.27. The second-order valence-corrected chi connectivity index (χ2v) is 7.91. The minimum absolute atomic E-state index is 0.0257. The second-order valence-electron chi connectivity index (χ2n) is 6.83. The molecular weight excluding hydrogens is 359 g/mol. The monoisotopic (exact) mass is 380 g/mol. The summed E-state index contributed by atoms with van der Waals surface area (Å²) in [5.74, 6) is -0.180. The molecule has 3 nitrogen and oxygen atoms in total. The third kappa shape index (κ3) is 4.08. The lowest BCUT2D eigenvalue weighted by molar-refractivity contribution is -0.125. The first-order valence-electron chi connectivity index (χ1n) is 9.26. The van der Waals surface area contributed by atoms with Crippen LogP contribution in [-0.2, 0) is 24.1 Å². The lowest BCUT2D eigenvalue weighted by atomic mass is 9.90. The van der Waals surface area contributed by atoms with Crippen LogP contribution in [0.4, 0.5) is 4.39 Å². The summed E-state index contributed by atoms with van der Waals surface area (Å²) in [5, 5.41) is 4.00. The number of carbonyl (C=O) groups is 1. The van der Waals surface area contributed by atoms with Gasteiger partial charge in [0.25, 0.3) is 0 Å². The first-order valence-corrected chi connectivity index (χ1v) is 10.1. The molecular formula is C22H21FN2OS. The number of aromatic nitrogens is 1. The van der Waals surface area contributed by atoms with E-state index in [0.29, 0.717) is 18.5 Å². The van der Waals surface area contributed by atoms with Gasteiger partial charge < -0.3 is 5.32 Å². The number of thiazole rings is 1. The Kier molecular flexibility index (Phi) is 5.30. The third-order valence-electron chi connectivity index (χ3n) is 4.98. The van der Waals surface area contributed by atoms with E-state index in [1.54, 1.807) is 23.5 Å². The summed E-state index contributed by atoms with van der Waals surface area (Å²) in [6.07, 6.45) is 2.90. The highest BCUT2D eigenvalue weighted by Crippen LogP contribution is 2.34. The summed E-state index contributed by atoms with van der Waals surface area (Å²) in [6, 6.07) is 16.9. The largest absolute Gasteiger partial charge is 0.356 e. The van der Waals surface area contributed by atoms with Crippen molar-refractivity contribution in [1.82, 2.24) is 10.3 Å². The average molecular weight is 380 g/mol. The SMILES string of the molecule is O=C(NCCc1ccccc1F)C1CCc2nc(-c3ccccc3)sc2C1. The quantitative estimate of drug-likeness (QED) is 0.712. The fourth-order valence-electron chi connectivity index (χ4n) is 3.47. The van der Waals surface area contributed by atoms with E-state index < -0.39 is 0 Å². The Hall–Kier alpha value is -2.53. The summed E-state index contributed by atoms with van der Waals surface area (Å²) in [4.78, 5) is 18.5. The van der Waals surface area contributed by atoms with Gasteiger partial charge in [0, 0.05) is 22.9 Å². The molecule has 2 aromatic carbocycles. The maximum Gasteiger partial charge on any atom is 0.223 e. The van der Waals surface area contributed by atoms with Crippen molar-refractivity contribution in [2.45, 2.75) is 25.7 Å². The van der Waals surface area contributed by atoms with E-state index in [2.05, 4.69) is 17.4 Å². The smallest absolute Gasteiger partial charge is 0.223 e. The van der Waals surface area contributed by atoms with Crippen LogP contribution in [0.25, 0.3) is 10.6 Å². The fraction of sp³-hybridized carbons (Fsp3) is 0.273. The topological polar surface area (TPSA) is 42.0 Å². The van der Waals surface area contributed by atoms with Crippen molar-refractivity contribution < 1.29 is 9.18 Å². The molecule has 0 radical (unpaired) electrons. The molecule has 0 saturated heterocycles. The molecule has 0 aliphatic heterocycles. The van der Waals surface area contributed by atoms with Gasteiger partial charge in [-0.25, -0.2) is 9.37 Å². The first-order chi connectivity index (χ1) is 13.2. The fourth-order valence-corrected chi connectivity index (χ4v) is 4.66. The highest BCUT2D eigenvalue weighted by atomic mass is 32.1. The molecule has 1 N–H and O–H groups in total. The van der Waals surface area contributed by atoms with Crippen molar-refractivity contribution >= 4 is 17.2 Å². The molecule has 0 spiro atoms. The van der Waals surface area contributed by atoms with E-state index >= 15 is 0 Å². The Bertz CT molecular complexity index is 938. The van der Waals surface area contributed by atoms with Crippen LogP contribution < -0.4 is 5.32 Å². The van der Waals surface area contributed by atoms with Crippen molar-refractivity contribution in [2.75, 3.05) is 6.54 Å². The summed E-state index contributed by atoms with van der Waals surface area (Å²) >= 11 is 1.69. The summed E-state index contributed by atoms with van der Waals surface area (Å²) in [5.41, 5.74) is 2.90. The molecule has 1 amide bonds. The molecule has 4 rings (SSSR count). The van der Waals surface area contributed by atoms with E-state index in [1.165, 1.54) is 10.9 Å². The molecule has 138 valence electrons. The Morgan fingerprint density at radius 1 is 1.15 bits per heavy atom. The Morgan fingerprint density at radius 2 is 1.93 bits per heavy atom. The number of carbonyl (C=O) groups excluding carboxylic acids is 1. The minimum Gasteiger partial charge on any atom is -0.356 e. The maximum absolute atomic E-state index is 13.7. The van der Waals surface area contributed by atoms with E-state index in [-0.39, 0.29) is 17.6 Å². The maximum atomic E-state index is 13.7. The van der Waals surface area contributed by atoms with Crippen LogP contribution in [0.15, 0.2) is 54.6 Å². The van der Waals surface area contributed by atoms with Crippen LogP contribution in [0, 0.1) is 11.7 Å². The molecule has 3 aromatic rings. The Morgan fingerprint density at radius 3 is 2.74 bits per heavy atom. The molecule has 0 saturated carbocycles. The lowest BCUT2D eigenvalue weighted by Crippen LogP contribution is -2.35. The van der Waals surface area contributed by atoms with Crippen molar-refractivity contribution in [1.29, 1.82) is 0 Å². The van der Waals surface area contributed by atoms with Crippen molar-refractivity contribution in [3.8, 4) is 10.6 Å². The zero-order chi connectivity index (χ0) is 18.6. The van der Waals surface area contributed by atoms with Gasteiger partial charge in [0.15, 0.2) is 0 Å². The standard InChI is InChI=1S/C22H21FN2OS/c23-18-9-5-4-6-15(18)12-13-24-21(26)17-10-11-19-20(14-17)27-22(25-19)16-7-2-1-3-8-16/h1-9,17H,10-14H2,(H,24,26). The van der Waals surface area contributed by atoms with Gasteiger partial charge in [0.05, 0.1) is 5.69 Å². The number of halogens is 1. The van der Waals surface area contributed by atoms with Gasteiger partial charge in [-0.15, -0.1) is 11.3 Å². The molecule has 1 unspecified atom stereocenters. The van der Waals surface area contributed by atoms with Gasteiger partial charge in [0.2, 0.25) is 5.91 Å². The van der Waals surface area contributed by atoms with Crippen LogP contribution in [0.5, 0.6) is 0 Å². The molecule has 1 aliphatic carbocycles. The van der Waals surface area contributed by atoms with Gasteiger partial charge in [0.1, 0.15) is 10.8 Å². The third-order valence-corrected chi connectivity index (χ3v) is 6.15. The second kappa shape index (κ2) is 8.01. The van der Waals surface area contributed by atoms with E-state index in [1.807, 2.05) is 24.3 Å². The molecule has 5 heteroatoms. The molecule has 1 aromatic heterocycles. The van der Waals surface area contributed by atoms with Crippen LogP contribution >= 0.6 is 11.3 Å². The summed E-state index contributed by atoms with van der Waals surface area (Å²) in [7, 11) is 0. The van der Waals surface area contributed by atoms with E-state index in [9.17, 15) is 9.18 Å². The number of amides is 1.